The van der Waals surface area contributed by atoms with Gasteiger partial charge >= 0.3 is 0 Å². The maximum atomic E-state index is 12.5. The highest BCUT2D eigenvalue weighted by Gasteiger charge is 2.20. The van der Waals surface area contributed by atoms with Gasteiger partial charge in [0.2, 0.25) is 0 Å². The van der Waals surface area contributed by atoms with Crippen molar-refractivity contribution in [1.82, 2.24) is 9.47 Å². The van der Waals surface area contributed by atoms with Crippen LogP contribution in [0.5, 0.6) is 0 Å². The molecule has 0 atom stereocenters. The van der Waals surface area contributed by atoms with Crippen LogP contribution in [0.4, 0.5) is 0 Å². The topological polar surface area (TPSA) is 49.0 Å². The van der Waals surface area contributed by atoms with Gasteiger partial charge in [-0.25, -0.2) is 0 Å². The Morgan fingerprint density at radius 3 is 2.85 bits per heavy atom. The normalized spacial score (nSPS) is 14.8. The van der Waals surface area contributed by atoms with Crippen molar-refractivity contribution in [1.29, 1.82) is 5.26 Å². The minimum Gasteiger partial charge on any atom is -0.312 e. The summed E-state index contributed by atoms with van der Waals surface area (Å²) in [6, 6.07) is 4.08. The number of aromatic nitrogens is 1. The second-order valence-electron chi connectivity index (χ2n) is 5.41. The van der Waals surface area contributed by atoms with Gasteiger partial charge in [-0.2, -0.15) is 5.26 Å². The average molecular weight is 273 g/mol. The molecule has 0 saturated carbocycles. The standard InChI is InChI=1S/C16H23N3O/c1-3-5-9-19-15-7-10-18(4-2)12-14(15)11-13(6-8-17)16(19)20/h11H,3-7,9-10,12H2,1-2H3. The SMILES string of the molecule is CCCCn1c2c(cc(CC#N)c1=O)CN(CC)CC2. The van der Waals surface area contributed by atoms with Crippen LogP contribution in [0, 0.1) is 11.3 Å². The number of unbranched alkanes of at least 4 members (excludes halogenated alkanes) is 1. The molecule has 1 aliphatic heterocycles. The van der Waals surface area contributed by atoms with Crippen molar-refractivity contribution in [3.8, 4) is 6.07 Å². The van der Waals surface area contributed by atoms with Crippen LogP contribution in [0.3, 0.4) is 0 Å². The fourth-order valence-corrected chi connectivity index (χ4v) is 2.88. The molecule has 0 amide bonds. The van der Waals surface area contributed by atoms with E-state index in [1.54, 1.807) is 0 Å². The molecule has 0 saturated heterocycles. The molecule has 0 fully saturated rings. The largest absolute Gasteiger partial charge is 0.312 e. The molecule has 4 nitrogen and oxygen atoms in total. The molecule has 4 heteroatoms. The zero-order valence-electron chi connectivity index (χ0n) is 12.5. The molecule has 1 aromatic rings. The minimum absolute atomic E-state index is 0.0451. The second-order valence-corrected chi connectivity index (χ2v) is 5.41. The molecule has 0 aliphatic carbocycles. The van der Waals surface area contributed by atoms with Gasteiger partial charge in [-0.15, -0.1) is 0 Å². The molecule has 1 aliphatic rings. The van der Waals surface area contributed by atoms with E-state index in [1.807, 2.05) is 10.6 Å². The minimum atomic E-state index is 0.0451. The zero-order valence-corrected chi connectivity index (χ0v) is 12.5. The summed E-state index contributed by atoms with van der Waals surface area (Å²) in [5, 5.41) is 8.90. The average Bonchev–Trinajstić information content (AvgIpc) is 2.47. The van der Waals surface area contributed by atoms with E-state index >= 15 is 0 Å². The summed E-state index contributed by atoms with van der Waals surface area (Å²) in [7, 11) is 0. The highest BCUT2D eigenvalue weighted by Crippen LogP contribution is 2.19. The van der Waals surface area contributed by atoms with E-state index in [0.717, 1.165) is 45.4 Å². The Hall–Kier alpha value is -1.60. The van der Waals surface area contributed by atoms with Gasteiger partial charge in [-0.1, -0.05) is 20.3 Å². The fraction of sp³-hybridized carbons (Fsp3) is 0.625. The third-order valence-corrected chi connectivity index (χ3v) is 4.08. The van der Waals surface area contributed by atoms with Crippen molar-refractivity contribution >= 4 is 0 Å². The summed E-state index contributed by atoms with van der Waals surface area (Å²) in [6.45, 7) is 8.03. The molecule has 20 heavy (non-hydrogen) atoms. The van der Waals surface area contributed by atoms with Crippen molar-refractivity contribution in [2.45, 2.75) is 52.6 Å². The lowest BCUT2D eigenvalue weighted by molar-refractivity contribution is 0.261. The van der Waals surface area contributed by atoms with E-state index in [2.05, 4.69) is 24.8 Å². The number of likely N-dealkylation sites (N-methyl/N-ethyl adjacent to an activating group) is 1. The van der Waals surface area contributed by atoms with Gasteiger partial charge in [0.15, 0.2) is 0 Å². The maximum absolute atomic E-state index is 12.5. The number of fused-ring (bicyclic) bond motifs is 1. The van der Waals surface area contributed by atoms with Gasteiger partial charge in [0.25, 0.3) is 5.56 Å². The maximum Gasteiger partial charge on any atom is 0.255 e. The van der Waals surface area contributed by atoms with Gasteiger partial charge in [0.05, 0.1) is 12.5 Å². The Bertz CT molecular complexity index is 568. The summed E-state index contributed by atoms with van der Waals surface area (Å²) in [5.41, 5.74) is 3.12. The van der Waals surface area contributed by atoms with E-state index < -0.39 is 0 Å². The van der Waals surface area contributed by atoms with Crippen LogP contribution in [-0.4, -0.2) is 22.6 Å². The van der Waals surface area contributed by atoms with Crippen LogP contribution in [0.1, 0.15) is 43.5 Å². The highest BCUT2D eigenvalue weighted by molar-refractivity contribution is 5.30. The predicted molar refractivity (Wildman–Crippen MR) is 79.6 cm³/mol. The zero-order chi connectivity index (χ0) is 14.5. The molecule has 0 unspecified atom stereocenters. The first kappa shape index (κ1) is 14.8. The molecule has 0 spiro atoms. The Balaban J connectivity index is 2.46. The summed E-state index contributed by atoms with van der Waals surface area (Å²) in [4.78, 5) is 14.9. The van der Waals surface area contributed by atoms with Crippen molar-refractivity contribution in [3.63, 3.8) is 0 Å². The van der Waals surface area contributed by atoms with Crippen molar-refractivity contribution in [2.75, 3.05) is 13.1 Å². The van der Waals surface area contributed by atoms with Crippen LogP contribution in [0.15, 0.2) is 10.9 Å². The molecule has 0 N–H and O–H groups in total. The number of rotatable bonds is 5. The molecular formula is C16H23N3O. The van der Waals surface area contributed by atoms with Crippen molar-refractivity contribution < 1.29 is 0 Å². The molecule has 2 rings (SSSR count). The van der Waals surface area contributed by atoms with E-state index in [0.29, 0.717) is 5.56 Å². The van der Waals surface area contributed by atoms with E-state index in [1.165, 1.54) is 11.3 Å². The predicted octanol–water partition coefficient (Wildman–Crippen LogP) is 2.09. The lowest BCUT2D eigenvalue weighted by Crippen LogP contribution is -2.37. The van der Waals surface area contributed by atoms with Crippen molar-refractivity contribution in [3.05, 3.63) is 33.2 Å². The van der Waals surface area contributed by atoms with Crippen LogP contribution < -0.4 is 5.56 Å². The number of hydrogen-bond acceptors (Lipinski definition) is 3. The molecule has 0 aromatic carbocycles. The summed E-state index contributed by atoms with van der Waals surface area (Å²) in [5.74, 6) is 0. The molecule has 0 bridgehead atoms. The van der Waals surface area contributed by atoms with Crippen molar-refractivity contribution in [2.24, 2.45) is 0 Å². The van der Waals surface area contributed by atoms with Gasteiger partial charge in [-0.05, 0) is 24.6 Å². The number of nitriles is 1. The Morgan fingerprint density at radius 2 is 2.20 bits per heavy atom. The first-order valence-electron chi connectivity index (χ1n) is 7.55. The molecule has 0 radical (unpaired) electrons. The molecule has 2 heterocycles. The number of nitrogens with zero attached hydrogens (tertiary/aromatic N) is 3. The van der Waals surface area contributed by atoms with E-state index in [9.17, 15) is 4.79 Å². The smallest absolute Gasteiger partial charge is 0.255 e. The lowest BCUT2D eigenvalue weighted by atomic mass is 10.0. The third-order valence-electron chi connectivity index (χ3n) is 4.08. The Morgan fingerprint density at radius 1 is 1.40 bits per heavy atom. The van der Waals surface area contributed by atoms with Gasteiger partial charge in [0.1, 0.15) is 0 Å². The lowest BCUT2D eigenvalue weighted by Gasteiger charge is -2.30. The van der Waals surface area contributed by atoms with Gasteiger partial charge in [-0.3, -0.25) is 9.69 Å². The first-order chi connectivity index (χ1) is 9.71. The third kappa shape index (κ3) is 2.94. The fourth-order valence-electron chi connectivity index (χ4n) is 2.88. The highest BCUT2D eigenvalue weighted by atomic mass is 16.1. The monoisotopic (exact) mass is 273 g/mol. The Kier molecular flexibility index (Phi) is 4.97. The number of hydrogen-bond donors (Lipinski definition) is 0. The number of pyridine rings is 1. The van der Waals surface area contributed by atoms with Crippen LogP contribution >= 0.6 is 0 Å². The molecule has 1 aromatic heterocycles. The quantitative estimate of drug-likeness (QED) is 0.825. The van der Waals surface area contributed by atoms with Crippen LogP contribution in [0.2, 0.25) is 0 Å². The van der Waals surface area contributed by atoms with E-state index in [-0.39, 0.29) is 12.0 Å². The second kappa shape index (κ2) is 6.71. The first-order valence-corrected chi connectivity index (χ1v) is 7.55. The summed E-state index contributed by atoms with van der Waals surface area (Å²) in [6.07, 6.45) is 3.24. The van der Waals surface area contributed by atoms with Crippen LogP contribution in [-0.2, 0) is 25.9 Å². The Labute approximate surface area is 120 Å². The summed E-state index contributed by atoms with van der Waals surface area (Å²) >= 11 is 0. The molecule has 108 valence electrons. The van der Waals surface area contributed by atoms with Gasteiger partial charge in [0, 0.05) is 37.3 Å². The molecular weight excluding hydrogens is 250 g/mol. The van der Waals surface area contributed by atoms with E-state index in [4.69, 9.17) is 5.26 Å². The van der Waals surface area contributed by atoms with Crippen LogP contribution in [0.25, 0.3) is 0 Å². The summed E-state index contributed by atoms with van der Waals surface area (Å²) < 4.78 is 1.93. The van der Waals surface area contributed by atoms with Gasteiger partial charge < -0.3 is 4.57 Å².